The van der Waals surface area contributed by atoms with Crippen LogP contribution in [0.3, 0.4) is 0 Å². The zero-order valence-electron chi connectivity index (χ0n) is 13.3. The summed E-state index contributed by atoms with van der Waals surface area (Å²) in [5.74, 6) is -0.406. The van der Waals surface area contributed by atoms with Gasteiger partial charge in [-0.1, -0.05) is 19.1 Å². The first-order chi connectivity index (χ1) is 11.0. The molecule has 6 heteroatoms. The Bertz CT molecular complexity index is 577. The average Bonchev–Trinajstić information content (AvgIpc) is 3.13. The lowest BCUT2D eigenvalue weighted by Gasteiger charge is -2.22. The highest BCUT2D eigenvalue weighted by atomic mass is 16.4. The second-order valence-electron chi connectivity index (χ2n) is 5.73. The minimum Gasteiger partial charge on any atom is -0.475 e. The number of carboxylic acid groups (broad SMARTS) is 1. The fourth-order valence-corrected chi connectivity index (χ4v) is 2.69. The van der Waals surface area contributed by atoms with Crippen LogP contribution in [0.1, 0.15) is 48.9 Å². The highest BCUT2D eigenvalue weighted by Crippen LogP contribution is 2.21. The standard InChI is InChI=1S/C17H23NO5/c1-2-13(19)7-5-12-6-10-16(20)18(12)11-3-4-14-8-9-15(23-14)17(21)22/h5,7-9,12-13,19H,2-4,6,10-11H2,1H3,(H,21,22)/b7-5+/t12-,13-/m0/s1. The molecule has 1 amide bonds. The number of hydrogen-bond donors (Lipinski definition) is 2. The van der Waals surface area contributed by atoms with E-state index in [1.54, 1.807) is 12.1 Å². The molecule has 1 fully saturated rings. The number of aromatic carboxylic acids is 1. The first-order valence-corrected chi connectivity index (χ1v) is 7.99. The molecule has 6 nitrogen and oxygen atoms in total. The van der Waals surface area contributed by atoms with Crippen molar-refractivity contribution >= 4 is 11.9 Å². The summed E-state index contributed by atoms with van der Waals surface area (Å²) in [4.78, 5) is 24.5. The third-order valence-electron chi connectivity index (χ3n) is 4.04. The molecule has 2 atom stereocenters. The Balaban J connectivity index is 1.85. The van der Waals surface area contributed by atoms with Gasteiger partial charge in [0.15, 0.2) is 0 Å². The van der Waals surface area contributed by atoms with Gasteiger partial charge in [-0.05, 0) is 31.4 Å². The lowest BCUT2D eigenvalue weighted by molar-refractivity contribution is -0.128. The minimum absolute atomic E-state index is 0.0369. The van der Waals surface area contributed by atoms with Gasteiger partial charge in [0.05, 0.1) is 12.1 Å². The molecule has 2 rings (SSSR count). The number of nitrogens with zero attached hydrogens (tertiary/aromatic N) is 1. The molecule has 1 aromatic heterocycles. The largest absolute Gasteiger partial charge is 0.475 e. The number of hydrogen-bond acceptors (Lipinski definition) is 4. The molecule has 0 saturated carbocycles. The summed E-state index contributed by atoms with van der Waals surface area (Å²) in [5, 5.41) is 18.4. The number of aliphatic hydroxyl groups is 1. The number of aliphatic hydroxyl groups excluding tert-OH is 1. The summed E-state index contributed by atoms with van der Waals surface area (Å²) >= 11 is 0. The van der Waals surface area contributed by atoms with E-state index in [9.17, 15) is 14.7 Å². The highest BCUT2D eigenvalue weighted by molar-refractivity contribution is 5.84. The lowest BCUT2D eigenvalue weighted by atomic mass is 10.1. The second-order valence-corrected chi connectivity index (χ2v) is 5.73. The van der Waals surface area contributed by atoms with Crippen LogP contribution in [0, 0.1) is 0 Å². The normalized spacial score (nSPS) is 19.7. The Hall–Kier alpha value is -2.08. The molecule has 1 aliphatic rings. The summed E-state index contributed by atoms with van der Waals surface area (Å²) in [6.45, 7) is 2.50. The molecule has 0 radical (unpaired) electrons. The van der Waals surface area contributed by atoms with Gasteiger partial charge in [0.1, 0.15) is 5.76 Å². The van der Waals surface area contributed by atoms with Crippen molar-refractivity contribution < 1.29 is 24.2 Å². The van der Waals surface area contributed by atoms with Crippen LogP contribution in [0.15, 0.2) is 28.7 Å². The third kappa shape index (κ3) is 4.69. The number of amides is 1. The number of carboxylic acids is 1. The number of likely N-dealkylation sites (tertiary alicyclic amines) is 1. The number of carbonyl (C=O) groups excluding carboxylic acids is 1. The topological polar surface area (TPSA) is 91.0 Å². The summed E-state index contributed by atoms with van der Waals surface area (Å²) in [6, 6.07) is 3.13. The molecule has 0 unspecified atom stereocenters. The van der Waals surface area contributed by atoms with Gasteiger partial charge in [0.25, 0.3) is 0 Å². The predicted octanol–water partition coefficient (Wildman–Crippen LogP) is 2.23. The summed E-state index contributed by atoms with van der Waals surface area (Å²) in [7, 11) is 0. The molecule has 1 aliphatic heterocycles. The maximum absolute atomic E-state index is 12.0. The van der Waals surface area contributed by atoms with E-state index in [2.05, 4.69) is 0 Å². The number of aryl methyl sites for hydroxylation is 1. The fourth-order valence-electron chi connectivity index (χ4n) is 2.69. The minimum atomic E-state index is -1.08. The lowest BCUT2D eigenvalue weighted by Crippen LogP contribution is -2.33. The van der Waals surface area contributed by atoms with Crippen LogP contribution in [0.25, 0.3) is 0 Å². The van der Waals surface area contributed by atoms with Gasteiger partial charge in [-0.3, -0.25) is 4.79 Å². The van der Waals surface area contributed by atoms with Gasteiger partial charge < -0.3 is 19.5 Å². The molecule has 126 valence electrons. The molecular weight excluding hydrogens is 298 g/mol. The molecule has 2 N–H and O–H groups in total. The average molecular weight is 321 g/mol. The Kier molecular flexibility index (Phi) is 5.98. The van der Waals surface area contributed by atoms with Gasteiger partial charge in [-0.25, -0.2) is 4.79 Å². The van der Waals surface area contributed by atoms with Crippen LogP contribution in [-0.4, -0.2) is 45.7 Å². The quantitative estimate of drug-likeness (QED) is 0.717. The van der Waals surface area contributed by atoms with Crippen molar-refractivity contribution in [1.82, 2.24) is 4.90 Å². The van der Waals surface area contributed by atoms with Gasteiger partial charge in [0, 0.05) is 19.4 Å². The molecular formula is C17H23NO5. The summed E-state index contributed by atoms with van der Waals surface area (Å²) in [5.41, 5.74) is 0. The SMILES string of the molecule is CC[C@H](O)/C=C/[C@H]1CCC(=O)N1CCCc1ccc(C(=O)O)o1. The summed E-state index contributed by atoms with van der Waals surface area (Å²) < 4.78 is 5.21. The van der Waals surface area contributed by atoms with E-state index in [-0.39, 0.29) is 17.7 Å². The third-order valence-corrected chi connectivity index (χ3v) is 4.04. The zero-order chi connectivity index (χ0) is 16.8. The Morgan fingerprint density at radius 1 is 1.52 bits per heavy atom. The second kappa shape index (κ2) is 7.97. The maximum Gasteiger partial charge on any atom is 0.371 e. The molecule has 0 bridgehead atoms. The van der Waals surface area contributed by atoms with Crippen molar-refractivity contribution in [2.24, 2.45) is 0 Å². The van der Waals surface area contributed by atoms with E-state index in [4.69, 9.17) is 9.52 Å². The smallest absolute Gasteiger partial charge is 0.371 e. The van der Waals surface area contributed by atoms with Gasteiger partial charge in [-0.15, -0.1) is 0 Å². The molecule has 0 spiro atoms. The molecule has 0 aliphatic carbocycles. The Morgan fingerprint density at radius 2 is 2.30 bits per heavy atom. The van der Waals surface area contributed by atoms with E-state index in [1.807, 2.05) is 17.9 Å². The first kappa shape index (κ1) is 17.3. The van der Waals surface area contributed by atoms with Crippen molar-refractivity contribution in [3.05, 3.63) is 35.8 Å². The van der Waals surface area contributed by atoms with E-state index in [0.29, 0.717) is 38.0 Å². The summed E-state index contributed by atoms with van der Waals surface area (Å²) in [6.07, 6.45) is 6.45. The first-order valence-electron chi connectivity index (χ1n) is 7.99. The van der Waals surface area contributed by atoms with Gasteiger partial charge in [0.2, 0.25) is 11.7 Å². The molecule has 23 heavy (non-hydrogen) atoms. The molecule has 1 aromatic rings. The number of furan rings is 1. The zero-order valence-corrected chi connectivity index (χ0v) is 13.3. The van der Waals surface area contributed by atoms with Crippen LogP contribution in [0.4, 0.5) is 0 Å². The molecule has 2 heterocycles. The molecule has 0 aromatic carbocycles. The van der Waals surface area contributed by atoms with Crippen molar-refractivity contribution in [1.29, 1.82) is 0 Å². The highest BCUT2D eigenvalue weighted by Gasteiger charge is 2.28. The fraction of sp³-hybridized carbons (Fsp3) is 0.529. The Morgan fingerprint density at radius 3 is 2.96 bits per heavy atom. The van der Waals surface area contributed by atoms with Gasteiger partial charge in [-0.2, -0.15) is 0 Å². The van der Waals surface area contributed by atoms with Crippen LogP contribution < -0.4 is 0 Å². The van der Waals surface area contributed by atoms with Crippen molar-refractivity contribution in [3.63, 3.8) is 0 Å². The van der Waals surface area contributed by atoms with Crippen LogP contribution in [0.2, 0.25) is 0 Å². The molecule has 1 saturated heterocycles. The van der Waals surface area contributed by atoms with Crippen LogP contribution in [-0.2, 0) is 11.2 Å². The monoisotopic (exact) mass is 321 g/mol. The number of rotatable bonds is 8. The van der Waals surface area contributed by atoms with Crippen LogP contribution >= 0.6 is 0 Å². The van der Waals surface area contributed by atoms with Crippen LogP contribution in [0.5, 0.6) is 0 Å². The van der Waals surface area contributed by atoms with Gasteiger partial charge >= 0.3 is 5.97 Å². The van der Waals surface area contributed by atoms with E-state index in [0.717, 1.165) is 6.42 Å². The number of carbonyl (C=O) groups is 2. The maximum atomic E-state index is 12.0. The van der Waals surface area contributed by atoms with Crippen molar-refractivity contribution in [2.75, 3.05) is 6.54 Å². The van der Waals surface area contributed by atoms with E-state index < -0.39 is 12.1 Å². The van der Waals surface area contributed by atoms with Crippen molar-refractivity contribution in [3.8, 4) is 0 Å². The van der Waals surface area contributed by atoms with E-state index in [1.165, 1.54) is 6.07 Å². The predicted molar refractivity (Wildman–Crippen MR) is 84.2 cm³/mol. The van der Waals surface area contributed by atoms with Crippen molar-refractivity contribution in [2.45, 2.75) is 51.2 Å². The Labute approximate surface area is 135 Å². The van der Waals surface area contributed by atoms with E-state index >= 15 is 0 Å².